The first kappa shape index (κ1) is 11.9. The van der Waals surface area contributed by atoms with Crippen molar-refractivity contribution >= 4 is 22.3 Å². The third-order valence-electron chi connectivity index (χ3n) is 1.83. The predicted octanol–water partition coefficient (Wildman–Crippen LogP) is 1.54. The first-order valence-corrected chi connectivity index (χ1v) is 5.42. The molecule has 0 aliphatic rings. The van der Waals surface area contributed by atoms with E-state index in [1.165, 1.54) is 16.8 Å². The van der Waals surface area contributed by atoms with Crippen molar-refractivity contribution in [3.05, 3.63) is 11.2 Å². The monoisotopic (exact) mass is 230 g/mol. The summed E-state index contributed by atoms with van der Waals surface area (Å²) in [7, 11) is 1.64. The largest absolute Gasteiger partial charge is 0.476 e. The van der Waals surface area contributed by atoms with Gasteiger partial charge in [0.1, 0.15) is 5.00 Å². The minimum absolute atomic E-state index is 0.0876. The van der Waals surface area contributed by atoms with Crippen LogP contribution in [0.2, 0.25) is 0 Å². The van der Waals surface area contributed by atoms with Crippen LogP contribution >= 0.6 is 11.3 Å². The average Bonchev–Trinajstić information content (AvgIpc) is 2.63. The fourth-order valence-corrected chi connectivity index (χ4v) is 1.82. The molecule has 0 saturated carbocycles. The van der Waals surface area contributed by atoms with Crippen LogP contribution in [-0.2, 0) is 4.74 Å². The lowest BCUT2D eigenvalue weighted by atomic mass is 10.2. The number of anilines is 1. The summed E-state index contributed by atoms with van der Waals surface area (Å²) in [5, 5.41) is 12.5. The van der Waals surface area contributed by atoms with E-state index >= 15 is 0 Å². The van der Waals surface area contributed by atoms with Gasteiger partial charge in [0.05, 0.1) is 12.1 Å². The molecule has 6 heteroatoms. The van der Waals surface area contributed by atoms with E-state index in [0.29, 0.717) is 24.1 Å². The maximum Gasteiger partial charge on any atom is 0.357 e. The van der Waals surface area contributed by atoms with Crippen LogP contribution in [0, 0.1) is 5.92 Å². The fourth-order valence-electron chi connectivity index (χ4n) is 1.13. The van der Waals surface area contributed by atoms with Gasteiger partial charge in [-0.1, -0.05) is 6.92 Å². The highest BCUT2D eigenvalue weighted by atomic mass is 32.1. The van der Waals surface area contributed by atoms with Crippen molar-refractivity contribution in [2.24, 2.45) is 5.92 Å². The van der Waals surface area contributed by atoms with Gasteiger partial charge in [-0.2, -0.15) is 0 Å². The molecule has 0 aromatic carbocycles. The van der Waals surface area contributed by atoms with E-state index in [1.54, 1.807) is 7.11 Å². The molecule has 1 rings (SSSR count). The number of carboxylic acids is 1. The molecule has 1 heterocycles. The molecule has 15 heavy (non-hydrogen) atoms. The molecule has 0 bridgehead atoms. The van der Waals surface area contributed by atoms with Gasteiger partial charge < -0.3 is 15.2 Å². The van der Waals surface area contributed by atoms with Crippen LogP contribution in [0.4, 0.5) is 5.00 Å². The molecule has 0 fully saturated rings. The van der Waals surface area contributed by atoms with Crippen LogP contribution in [0.5, 0.6) is 0 Å². The lowest BCUT2D eigenvalue weighted by Crippen LogP contribution is -2.16. The molecule has 0 saturated heterocycles. The first-order valence-electron chi connectivity index (χ1n) is 4.54. The number of hydrogen-bond donors (Lipinski definition) is 2. The van der Waals surface area contributed by atoms with Gasteiger partial charge in [0.2, 0.25) is 0 Å². The molecular weight excluding hydrogens is 216 g/mol. The molecular formula is C9H14N2O3S. The van der Waals surface area contributed by atoms with Crippen molar-refractivity contribution in [2.75, 3.05) is 25.6 Å². The summed E-state index contributed by atoms with van der Waals surface area (Å²) in [6, 6.07) is 0. The predicted molar refractivity (Wildman–Crippen MR) is 58.6 cm³/mol. The lowest BCUT2D eigenvalue weighted by molar-refractivity contribution is 0.0692. The zero-order valence-electron chi connectivity index (χ0n) is 8.69. The van der Waals surface area contributed by atoms with Crippen molar-refractivity contribution < 1.29 is 14.6 Å². The third-order valence-corrected chi connectivity index (χ3v) is 2.62. The van der Waals surface area contributed by atoms with Gasteiger partial charge in [-0.15, -0.1) is 11.3 Å². The normalized spacial score (nSPS) is 12.4. The van der Waals surface area contributed by atoms with E-state index in [2.05, 4.69) is 10.3 Å². The molecule has 5 nitrogen and oxygen atoms in total. The average molecular weight is 230 g/mol. The van der Waals surface area contributed by atoms with E-state index in [4.69, 9.17) is 9.84 Å². The molecule has 0 aliphatic heterocycles. The van der Waals surface area contributed by atoms with Crippen LogP contribution in [0.1, 0.15) is 17.4 Å². The van der Waals surface area contributed by atoms with Crippen LogP contribution in [-0.4, -0.2) is 36.3 Å². The lowest BCUT2D eigenvalue weighted by Gasteiger charge is -2.11. The number of ether oxygens (including phenoxy) is 1. The second-order valence-electron chi connectivity index (χ2n) is 3.28. The zero-order chi connectivity index (χ0) is 11.3. The Bertz CT molecular complexity index is 327. The van der Waals surface area contributed by atoms with Crippen molar-refractivity contribution in [1.82, 2.24) is 4.98 Å². The maximum atomic E-state index is 10.7. The smallest absolute Gasteiger partial charge is 0.357 e. The third kappa shape index (κ3) is 3.49. The number of hydrogen-bond acceptors (Lipinski definition) is 5. The van der Waals surface area contributed by atoms with E-state index < -0.39 is 5.97 Å². The second kappa shape index (κ2) is 5.67. The van der Waals surface area contributed by atoms with E-state index in [9.17, 15) is 4.79 Å². The van der Waals surface area contributed by atoms with E-state index in [-0.39, 0.29) is 5.69 Å². The summed E-state index contributed by atoms with van der Waals surface area (Å²) in [6.07, 6.45) is 0. The Morgan fingerprint density at radius 1 is 1.80 bits per heavy atom. The van der Waals surface area contributed by atoms with Crippen molar-refractivity contribution in [3.63, 3.8) is 0 Å². The fraction of sp³-hybridized carbons (Fsp3) is 0.556. The topological polar surface area (TPSA) is 71.5 Å². The molecule has 0 amide bonds. The number of nitrogens with one attached hydrogen (secondary N) is 1. The van der Waals surface area contributed by atoms with Gasteiger partial charge in [-0.3, -0.25) is 0 Å². The highest BCUT2D eigenvalue weighted by Gasteiger charge is 2.13. The Labute approximate surface area is 92.1 Å². The summed E-state index contributed by atoms with van der Waals surface area (Å²) < 4.78 is 4.98. The van der Waals surface area contributed by atoms with Crippen molar-refractivity contribution in [2.45, 2.75) is 6.92 Å². The summed E-state index contributed by atoms with van der Waals surface area (Å²) in [6.45, 7) is 3.35. The minimum Gasteiger partial charge on any atom is -0.476 e. The van der Waals surface area contributed by atoms with Crippen LogP contribution in [0.15, 0.2) is 5.51 Å². The molecule has 1 atom stereocenters. The zero-order valence-corrected chi connectivity index (χ0v) is 9.50. The molecule has 1 aromatic rings. The number of aromatic nitrogens is 1. The summed E-state index contributed by atoms with van der Waals surface area (Å²) >= 11 is 1.29. The van der Waals surface area contributed by atoms with Gasteiger partial charge in [0.25, 0.3) is 0 Å². The SMILES string of the molecule is COCC(C)CNc1scnc1C(=O)O. The van der Waals surface area contributed by atoms with Gasteiger partial charge in [-0.05, 0) is 5.92 Å². The molecule has 0 aliphatic carbocycles. The number of nitrogens with zero attached hydrogens (tertiary/aromatic N) is 1. The number of carbonyl (C=O) groups is 1. The first-order chi connectivity index (χ1) is 7.15. The number of methoxy groups -OCH3 is 1. The maximum absolute atomic E-state index is 10.7. The molecule has 0 radical (unpaired) electrons. The molecule has 0 spiro atoms. The van der Waals surface area contributed by atoms with Gasteiger partial charge in [0.15, 0.2) is 5.69 Å². The Morgan fingerprint density at radius 3 is 3.13 bits per heavy atom. The van der Waals surface area contributed by atoms with E-state index in [1.807, 2.05) is 6.92 Å². The number of aromatic carboxylic acids is 1. The molecule has 84 valence electrons. The van der Waals surface area contributed by atoms with Crippen LogP contribution < -0.4 is 5.32 Å². The van der Waals surface area contributed by atoms with Gasteiger partial charge in [0, 0.05) is 13.7 Å². The van der Waals surface area contributed by atoms with Gasteiger partial charge >= 0.3 is 5.97 Å². The molecule has 1 aromatic heterocycles. The number of carboxylic acid groups (broad SMARTS) is 1. The summed E-state index contributed by atoms with van der Waals surface area (Å²) in [4.78, 5) is 14.5. The van der Waals surface area contributed by atoms with Crippen molar-refractivity contribution in [1.29, 1.82) is 0 Å². The summed E-state index contributed by atoms with van der Waals surface area (Å²) in [5.74, 6) is -0.670. The Hall–Kier alpha value is -1.14. The highest BCUT2D eigenvalue weighted by Crippen LogP contribution is 2.20. The highest BCUT2D eigenvalue weighted by molar-refractivity contribution is 7.14. The number of thiazole rings is 1. The quantitative estimate of drug-likeness (QED) is 0.775. The molecule has 1 unspecified atom stereocenters. The summed E-state index contributed by atoms with van der Waals surface area (Å²) in [5.41, 5.74) is 1.61. The number of rotatable bonds is 6. The standard InChI is InChI=1S/C9H14N2O3S/c1-6(4-14-2)3-10-8-7(9(12)13)11-5-15-8/h5-6,10H,3-4H2,1-2H3,(H,12,13). The van der Waals surface area contributed by atoms with Crippen LogP contribution in [0.25, 0.3) is 0 Å². The minimum atomic E-state index is -1.00. The van der Waals surface area contributed by atoms with Crippen molar-refractivity contribution in [3.8, 4) is 0 Å². The van der Waals surface area contributed by atoms with Gasteiger partial charge in [-0.25, -0.2) is 9.78 Å². The Balaban J connectivity index is 2.50. The molecule has 2 N–H and O–H groups in total. The second-order valence-corrected chi connectivity index (χ2v) is 4.13. The Kier molecular flexibility index (Phi) is 4.51. The van der Waals surface area contributed by atoms with Crippen LogP contribution in [0.3, 0.4) is 0 Å². The Morgan fingerprint density at radius 2 is 2.53 bits per heavy atom. The van der Waals surface area contributed by atoms with E-state index in [0.717, 1.165) is 0 Å².